The highest BCUT2D eigenvalue weighted by atomic mass is 16.6. The van der Waals surface area contributed by atoms with Crippen LogP contribution < -0.4 is 0 Å². The molecule has 2 saturated heterocycles. The Labute approximate surface area is 431 Å². The fourth-order valence-electron chi connectivity index (χ4n) is 10.4. The Hall–Kier alpha value is -3.98. The quantitative estimate of drug-likeness (QED) is 0.115. The van der Waals surface area contributed by atoms with Crippen LogP contribution in [0.4, 0.5) is 0 Å². The molecule has 18 nitrogen and oxygen atoms in total. The number of ether oxygens (including phenoxy) is 6. The van der Waals surface area contributed by atoms with Crippen LogP contribution in [0.3, 0.4) is 0 Å². The van der Waals surface area contributed by atoms with Crippen LogP contribution in [0.25, 0.3) is 0 Å². The summed E-state index contributed by atoms with van der Waals surface area (Å²) in [5, 5.41) is 53.9. The zero-order chi connectivity index (χ0) is 54.4. The first kappa shape index (κ1) is 61.6. The average Bonchev–Trinajstić information content (AvgIpc) is 3.37. The molecule has 4 rings (SSSR count). The lowest BCUT2D eigenvalue weighted by Crippen LogP contribution is -2.61. The summed E-state index contributed by atoms with van der Waals surface area (Å²) in [6.45, 7) is 10.5. The number of piperidine rings is 1. The van der Waals surface area contributed by atoms with Crippen LogP contribution in [-0.2, 0) is 57.2 Å². The van der Waals surface area contributed by atoms with Gasteiger partial charge in [0.05, 0.1) is 31.5 Å². The molecule has 15 atom stereocenters. The van der Waals surface area contributed by atoms with Gasteiger partial charge in [0, 0.05) is 52.6 Å². The number of Topliss-reactive ketones (excluding diaryl/α,β-unsaturated/α-hetero) is 3. The summed E-state index contributed by atoms with van der Waals surface area (Å²) in [4.78, 5) is 85.0. The second kappa shape index (κ2) is 28.2. The van der Waals surface area contributed by atoms with Crippen molar-refractivity contribution in [2.75, 3.05) is 41.1 Å². The van der Waals surface area contributed by atoms with Crippen molar-refractivity contribution < 1.29 is 82.7 Å². The van der Waals surface area contributed by atoms with E-state index in [0.29, 0.717) is 51.4 Å². The number of allylic oxidation sites excluding steroid dienone is 6. The van der Waals surface area contributed by atoms with Gasteiger partial charge in [-0.05, 0) is 114 Å². The van der Waals surface area contributed by atoms with Crippen LogP contribution in [0.15, 0.2) is 47.6 Å². The molecule has 0 aromatic carbocycles. The van der Waals surface area contributed by atoms with Crippen LogP contribution >= 0.6 is 0 Å². The van der Waals surface area contributed by atoms with E-state index in [9.17, 15) is 54.3 Å². The van der Waals surface area contributed by atoms with Gasteiger partial charge in [0.2, 0.25) is 5.79 Å². The van der Waals surface area contributed by atoms with Gasteiger partial charge in [0.1, 0.15) is 47.8 Å². The Kier molecular flexibility index (Phi) is 23.8. The molecule has 1 saturated carbocycles. The van der Waals surface area contributed by atoms with E-state index in [0.717, 1.165) is 10.5 Å². The molecular weight excluding hydrogens is 947 g/mol. The second-order valence-corrected chi connectivity index (χ2v) is 21.5. The fourth-order valence-corrected chi connectivity index (χ4v) is 10.4. The molecule has 4 aliphatic rings. The van der Waals surface area contributed by atoms with Crippen molar-refractivity contribution in [2.45, 2.75) is 186 Å². The van der Waals surface area contributed by atoms with E-state index in [-0.39, 0.29) is 55.4 Å². The maximum absolute atomic E-state index is 14.5. The summed E-state index contributed by atoms with van der Waals surface area (Å²) in [6, 6.07) is -1.22. The molecule has 3 aliphatic heterocycles. The molecule has 1 amide bonds. The van der Waals surface area contributed by atoms with E-state index in [4.69, 9.17) is 28.4 Å². The third-order valence-electron chi connectivity index (χ3n) is 15.6. The van der Waals surface area contributed by atoms with Gasteiger partial charge in [-0.15, -0.1) is 0 Å². The van der Waals surface area contributed by atoms with Crippen LogP contribution in [0.1, 0.15) is 126 Å². The van der Waals surface area contributed by atoms with Crippen LogP contribution in [0.5, 0.6) is 0 Å². The monoisotopic (exact) mass is 1030 g/mol. The molecule has 18 heteroatoms. The number of nitrogens with zero attached hydrogens (tertiary/aromatic N) is 1. The number of hydrogen-bond donors (Lipinski definition) is 5. The zero-order valence-electron chi connectivity index (χ0n) is 44.7. The van der Waals surface area contributed by atoms with Crippen molar-refractivity contribution in [3.05, 3.63) is 47.6 Å². The number of rotatable bonds is 10. The Balaban J connectivity index is 1.69. The number of aliphatic hydroxyl groups excluding tert-OH is 4. The first-order valence-corrected chi connectivity index (χ1v) is 26.1. The number of hydrogen-bond acceptors (Lipinski definition) is 17. The SMILES string of the molecule is CO[C@H]1C[C@@H]2CC[C@@H](C)[C@@](O)(O2)C(=O)C(=O)N2CCCC[C@H]2C(=O)O[C@H]([C@H](C)C[C@@H]2CC[C@@H](OC(=O)C(C)(CO)CO)[C@H](OC)C2)CC(=O)[C@H](C)/C=C(\C)[C@@H](O)[C@@H](OC)C(=O)C(O)C[C@H](C)/C=C/C=C/C=C/1C. The lowest BCUT2D eigenvalue weighted by atomic mass is 9.78. The maximum atomic E-state index is 14.5. The van der Waals surface area contributed by atoms with Gasteiger partial charge in [0.25, 0.3) is 11.7 Å². The zero-order valence-corrected chi connectivity index (χ0v) is 44.7. The number of fused-ring (bicyclic) bond motifs is 3. The molecule has 0 radical (unpaired) electrons. The molecular formula is C55H85NO17. The van der Waals surface area contributed by atoms with E-state index < -0.39 is 126 Å². The van der Waals surface area contributed by atoms with Gasteiger partial charge < -0.3 is 58.9 Å². The van der Waals surface area contributed by atoms with Crippen LogP contribution in [0.2, 0.25) is 0 Å². The van der Waals surface area contributed by atoms with Gasteiger partial charge in [-0.3, -0.25) is 24.0 Å². The number of cyclic esters (lactones) is 1. The maximum Gasteiger partial charge on any atom is 0.329 e. The highest BCUT2D eigenvalue weighted by Crippen LogP contribution is 2.38. The van der Waals surface area contributed by atoms with Crippen LogP contribution in [0, 0.1) is 35.0 Å². The van der Waals surface area contributed by atoms with Gasteiger partial charge in [-0.2, -0.15) is 0 Å². The number of amides is 1. The van der Waals surface area contributed by atoms with Crippen LogP contribution in [-0.4, -0.2) is 167 Å². The number of ketones is 3. The molecule has 5 N–H and O–H groups in total. The normalized spacial score (nSPS) is 37.4. The van der Waals surface area contributed by atoms with Crippen molar-refractivity contribution in [3.8, 4) is 0 Å². The lowest BCUT2D eigenvalue weighted by Gasteiger charge is -2.42. The summed E-state index contributed by atoms with van der Waals surface area (Å²) < 4.78 is 35.2. The Morgan fingerprint density at radius 2 is 1.56 bits per heavy atom. The molecule has 1 unspecified atom stereocenters. The molecule has 0 aromatic heterocycles. The smallest absolute Gasteiger partial charge is 0.329 e. The van der Waals surface area contributed by atoms with E-state index in [1.54, 1.807) is 39.0 Å². The van der Waals surface area contributed by atoms with E-state index >= 15 is 0 Å². The van der Waals surface area contributed by atoms with Gasteiger partial charge >= 0.3 is 11.9 Å². The molecule has 2 bridgehead atoms. The van der Waals surface area contributed by atoms with Gasteiger partial charge in [-0.1, -0.05) is 64.2 Å². The highest BCUT2D eigenvalue weighted by molar-refractivity contribution is 6.39. The van der Waals surface area contributed by atoms with Crippen molar-refractivity contribution in [3.63, 3.8) is 0 Å². The topological polar surface area (TPSA) is 262 Å². The van der Waals surface area contributed by atoms with Crippen molar-refractivity contribution in [1.29, 1.82) is 0 Å². The minimum atomic E-state index is -2.49. The third-order valence-corrected chi connectivity index (χ3v) is 15.6. The predicted octanol–water partition coefficient (Wildman–Crippen LogP) is 4.45. The molecule has 3 fully saturated rings. The second-order valence-electron chi connectivity index (χ2n) is 21.5. The Morgan fingerprint density at radius 3 is 2.21 bits per heavy atom. The molecule has 0 aromatic rings. The molecule has 0 spiro atoms. The van der Waals surface area contributed by atoms with Gasteiger partial charge in [0.15, 0.2) is 5.78 Å². The van der Waals surface area contributed by atoms with Crippen molar-refractivity contribution >= 4 is 35.2 Å². The average molecular weight is 1030 g/mol. The largest absolute Gasteiger partial charge is 0.460 e. The van der Waals surface area contributed by atoms with Gasteiger partial charge in [-0.25, -0.2) is 4.79 Å². The molecule has 412 valence electrons. The standard InChI is InChI=1S/C55H85NO17/c1-32-16-12-11-13-17-33(2)44(68-8)28-39-21-19-37(6)55(67,73-39)50(63)51(64)56-23-15-14-18-40(56)52(65)71-45(29-41(59)34(3)25-36(5)47(61)49(70-10)48(62)42(60)24-32)35(4)26-38-20-22-43(46(27-38)69-9)72-53(66)54(7,30-57)31-58/h11-13,16-17,25,32,34-35,37-40,42-47,49,57-58,60-61,67H,14-15,18-24,26-31H2,1-10H3/b13-11+,16-12+,33-17+,36-25+/t32-,34-,35-,37-,38+,39+,40+,42?,43-,44+,45+,46-,47-,49-,55-/m1/s1. The fraction of sp³-hybridized carbons (Fsp3) is 0.745. The highest BCUT2D eigenvalue weighted by Gasteiger charge is 2.53. The number of esters is 2. The van der Waals surface area contributed by atoms with E-state index in [1.807, 2.05) is 32.9 Å². The number of methoxy groups -OCH3 is 3. The molecule has 73 heavy (non-hydrogen) atoms. The number of carbonyl (C=O) groups excluding carboxylic acids is 6. The Morgan fingerprint density at radius 1 is 0.863 bits per heavy atom. The summed E-state index contributed by atoms with van der Waals surface area (Å²) in [5.74, 6) is -9.85. The van der Waals surface area contributed by atoms with E-state index in [2.05, 4.69) is 0 Å². The number of carbonyl (C=O) groups is 6. The predicted molar refractivity (Wildman–Crippen MR) is 268 cm³/mol. The number of aliphatic hydroxyl groups is 5. The third kappa shape index (κ3) is 16.0. The molecule has 1 aliphatic carbocycles. The molecule has 3 heterocycles. The minimum absolute atomic E-state index is 0.0299. The van der Waals surface area contributed by atoms with Crippen molar-refractivity contribution in [2.24, 2.45) is 35.0 Å². The first-order chi connectivity index (χ1) is 34.5. The first-order valence-electron chi connectivity index (χ1n) is 26.1. The summed E-state index contributed by atoms with van der Waals surface area (Å²) in [7, 11) is 4.28. The van der Waals surface area contributed by atoms with E-state index in [1.165, 1.54) is 34.3 Å². The Bertz CT molecular complexity index is 2010. The summed E-state index contributed by atoms with van der Waals surface area (Å²) >= 11 is 0. The summed E-state index contributed by atoms with van der Waals surface area (Å²) in [6.07, 6.45) is 6.54. The van der Waals surface area contributed by atoms with Crippen molar-refractivity contribution in [1.82, 2.24) is 4.90 Å². The summed E-state index contributed by atoms with van der Waals surface area (Å²) in [5.41, 5.74) is -0.438. The lowest BCUT2D eigenvalue weighted by molar-refractivity contribution is -0.265. The minimum Gasteiger partial charge on any atom is -0.460 e.